The number of hydrogen-bond donors (Lipinski definition) is 1. The van der Waals surface area contributed by atoms with Gasteiger partial charge in [-0.05, 0) is 75.6 Å². The highest BCUT2D eigenvalue weighted by molar-refractivity contribution is 5.88. The number of carbonyl (C=O) groups is 1. The van der Waals surface area contributed by atoms with Crippen LogP contribution in [0.4, 0.5) is 13.2 Å². The Labute approximate surface area is 244 Å². The number of alkyl halides is 3. The average molecular weight is 596 g/mol. The van der Waals surface area contributed by atoms with Crippen molar-refractivity contribution >= 4 is 5.97 Å². The minimum Gasteiger partial charge on any atom is -0.478 e. The van der Waals surface area contributed by atoms with Gasteiger partial charge in [0.2, 0.25) is 11.7 Å². The third-order valence-corrected chi connectivity index (χ3v) is 9.10. The zero-order chi connectivity index (χ0) is 29.8. The number of carboxylic acids is 1. The summed E-state index contributed by atoms with van der Waals surface area (Å²) in [5.41, 5.74) is 1.42. The van der Waals surface area contributed by atoms with Crippen LogP contribution in [0.25, 0.3) is 22.6 Å². The van der Waals surface area contributed by atoms with Crippen molar-refractivity contribution in [3.63, 3.8) is 0 Å². The van der Waals surface area contributed by atoms with Crippen molar-refractivity contribution in [1.82, 2.24) is 15.3 Å². The quantitative estimate of drug-likeness (QED) is 0.211. The Bertz CT molecular complexity index is 1630. The first kappa shape index (κ1) is 27.6. The zero-order valence-electron chi connectivity index (χ0n) is 23.0. The van der Waals surface area contributed by atoms with E-state index in [1.165, 1.54) is 24.3 Å². The van der Waals surface area contributed by atoms with Crippen molar-refractivity contribution < 1.29 is 41.6 Å². The molecule has 8 rings (SSSR count). The molecule has 43 heavy (non-hydrogen) atoms. The second-order valence-corrected chi connectivity index (χ2v) is 11.7. The number of carboxylic acid groups (broad SMARTS) is 1. The summed E-state index contributed by atoms with van der Waals surface area (Å²) in [6.45, 7) is 0.176. The van der Waals surface area contributed by atoms with Crippen molar-refractivity contribution in [2.75, 3.05) is 0 Å². The summed E-state index contributed by atoms with van der Waals surface area (Å²) in [5, 5.41) is 17.5. The molecule has 4 aromatic rings. The lowest BCUT2D eigenvalue weighted by Crippen LogP contribution is -2.49. The van der Waals surface area contributed by atoms with E-state index in [4.69, 9.17) is 23.9 Å². The van der Waals surface area contributed by atoms with E-state index < -0.39 is 12.3 Å². The third-order valence-electron chi connectivity index (χ3n) is 9.10. The van der Waals surface area contributed by atoms with E-state index in [0.29, 0.717) is 34.3 Å². The molecular weight excluding hydrogens is 567 g/mol. The molecule has 0 atom stereocenters. The van der Waals surface area contributed by atoms with Crippen LogP contribution < -0.4 is 4.74 Å². The smallest absolute Gasteiger partial charge is 0.478 e. The van der Waals surface area contributed by atoms with Crippen LogP contribution in [-0.2, 0) is 16.8 Å². The monoisotopic (exact) mass is 595 g/mol. The van der Waals surface area contributed by atoms with Gasteiger partial charge in [0.25, 0.3) is 0 Å². The van der Waals surface area contributed by atoms with Crippen LogP contribution in [0.2, 0.25) is 0 Å². The highest BCUT2D eigenvalue weighted by atomic mass is 19.4. The molecule has 0 amide bonds. The summed E-state index contributed by atoms with van der Waals surface area (Å²) >= 11 is 0. The second kappa shape index (κ2) is 10.2. The van der Waals surface area contributed by atoms with Crippen LogP contribution in [0.3, 0.4) is 0 Å². The molecule has 9 nitrogen and oxygen atoms in total. The third kappa shape index (κ3) is 5.28. The average Bonchev–Trinajstić information content (AvgIpc) is 3.55. The number of fused-ring (bicyclic) bond motifs is 3. The molecule has 4 aliphatic rings. The summed E-state index contributed by atoms with van der Waals surface area (Å²) in [6.07, 6.45) is 1.72. The maximum atomic E-state index is 13.1. The Kier molecular flexibility index (Phi) is 6.57. The number of rotatable bonds is 9. The van der Waals surface area contributed by atoms with Crippen molar-refractivity contribution in [1.29, 1.82) is 0 Å². The highest BCUT2D eigenvalue weighted by Gasteiger charge is 2.53. The fourth-order valence-electron chi connectivity index (χ4n) is 6.45. The predicted octanol–water partition coefficient (Wildman–Crippen LogP) is 7.43. The van der Waals surface area contributed by atoms with Gasteiger partial charge in [-0.15, -0.1) is 13.2 Å². The summed E-state index contributed by atoms with van der Waals surface area (Å²) in [7, 11) is 0. The normalized spacial score (nSPS) is 23.4. The van der Waals surface area contributed by atoms with Crippen LogP contribution in [0.5, 0.6) is 5.75 Å². The topological polar surface area (TPSA) is 121 Å². The summed E-state index contributed by atoms with van der Waals surface area (Å²) in [5.74, 6) is 0.522. The SMILES string of the molecule is O=C(O)c1ccc(-c2noc(C34CCC(OCc5c(-c6ccccc6OC(F)(F)F)noc5C5CC5)(CC3)CC4)n2)cc1. The van der Waals surface area contributed by atoms with Gasteiger partial charge < -0.3 is 23.6 Å². The van der Waals surface area contributed by atoms with Gasteiger partial charge in [0, 0.05) is 22.6 Å². The Morgan fingerprint density at radius 3 is 2.30 bits per heavy atom. The highest BCUT2D eigenvalue weighted by Crippen LogP contribution is 2.55. The molecule has 2 bridgehead atoms. The largest absolute Gasteiger partial charge is 0.573 e. The molecule has 0 unspecified atom stereocenters. The number of halogens is 3. The number of hydrogen-bond acceptors (Lipinski definition) is 8. The van der Waals surface area contributed by atoms with Crippen LogP contribution >= 0.6 is 0 Å². The standard InChI is InChI=1S/C31H28F3N3O6/c32-31(33,34)41-23-4-2-1-3-21(23)24-22(25(42-36-24)18-5-6-18)17-40-30-14-11-29(12-15-30,13-16-30)28-35-26(37-43-28)19-7-9-20(10-8-19)27(38)39/h1-4,7-10,18H,5-6,11-17H2,(H,38,39). The van der Waals surface area contributed by atoms with Crippen LogP contribution in [-0.4, -0.2) is 38.3 Å². The van der Waals surface area contributed by atoms with Crippen molar-refractivity contribution in [3.05, 3.63) is 71.3 Å². The van der Waals surface area contributed by atoms with Crippen molar-refractivity contribution in [3.8, 4) is 28.4 Å². The van der Waals surface area contributed by atoms with E-state index in [-0.39, 0.29) is 40.4 Å². The molecule has 4 aliphatic carbocycles. The Morgan fingerprint density at radius 1 is 0.953 bits per heavy atom. The molecule has 224 valence electrons. The first-order chi connectivity index (χ1) is 20.6. The first-order valence-corrected chi connectivity index (χ1v) is 14.3. The van der Waals surface area contributed by atoms with Gasteiger partial charge in [0.05, 0.1) is 23.2 Å². The molecule has 4 saturated carbocycles. The van der Waals surface area contributed by atoms with Gasteiger partial charge >= 0.3 is 12.3 Å². The van der Waals surface area contributed by atoms with Crippen molar-refractivity contribution in [2.24, 2.45) is 0 Å². The van der Waals surface area contributed by atoms with Gasteiger partial charge in [0.15, 0.2) is 0 Å². The Balaban J connectivity index is 1.07. The molecule has 2 heterocycles. The number of benzene rings is 2. The maximum Gasteiger partial charge on any atom is 0.573 e. The maximum absolute atomic E-state index is 13.1. The van der Waals surface area contributed by atoms with E-state index in [2.05, 4.69) is 15.1 Å². The number of nitrogens with zero attached hydrogens (tertiary/aromatic N) is 3. The van der Waals surface area contributed by atoms with E-state index in [1.807, 2.05) is 0 Å². The molecule has 0 saturated heterocycles. The fraction of sp³-hybridized carbons (Fsp3) is 0.419. The molecule has 2 aromatic carbocycles. The van der Waals surface area contributed by atoms with E-state index in [1.54, 1.807) is 24.3 Å². The molecule has 12 heteroatoms. The fourth-order valence-corrected chi connectivity index (χ4v) is 6.45. The molecular formula is C31H28F3N3O6. The number of para-hydroxylation sites is 1. The van der Waals surface area contributed by atoms with Gasteiger partial charge in [0.1, 0.15) is 17.2 Å². The van der Waals surface area contributed by atoms with E-state index in [0.717, 1.165) is 51.4 Å². The lowest BCUT2D eigenvalue weighted by molar-refractivity contribution is -0.274. The summed E-state index contributed by atoms with van der Waals surface area (Å²) < 4.78 is 61.7. The lowest BCUT2D eigenvalue weighted by Gasteiger charge is -2.51. The van der Waals surface area contributed by atoms with E-state index >= 15 is 0 Å². The molecule has 0 radical (unpaired) electrons. The van der Waals surface area contributed by atoms with Gasteiger partial charge in [-0.2, -0.15) is 4.98 Å². The van der Waals surface area contributed by atoms with Crippen LogP contribution in [0.15, 0.2) is 57.6 Å². The molecule has 0 spiro atoms. The number of aromatic nitrogens is 3. The van der Waals surface area contributed by atoms with Gasteiger partial charge in [-0.25, -0.2) is 4.79 Å². The summed E-state index contributed by atoms with van der Waals surface area (Å²) in [4.78, 5) is 15.9. The predicted molar refractivity (Wildman–Crippen MR) is 144 cm³/mol. The molecule has 0 aliphatic heterocycles. The minimum atomic E-state index is -4.84. The van der Waals surface area contributed by atoms with E-state index in [9.17, 15) is 18.0 Å². The second-order valence-electron chi connectivity index (χ2n) is 11.7. The summed E-state index contributed by atoms with van der Waals surface area (Å²) in [6, 6.07) is 12.3. The van der Waals surface area contributed by atoms with Crippen LogP contribution in [0.1, 0.15) is 84.9 Å². The van der Waals surface area contributed by atoms with Gasteiger partial charge in [-0.3, -0.25) is 0 Å². The molecule has 1 N–H and O–H groups in total. The minimum absolute atomic E-state index is 0.176. The lowest BCUT2D eigenvalue weighted by atomic mass is 9.58. The van der Waals surface area contributed by atoms with Gasteiger partial charge in [-0.1, -0.05) is 34.6 Å². The first-order valence-electron chi connectivity index (χ1n) is 14.3. The molecule has 2 aromatic heterocycles. The number of aromatic carboxylic acids is 1. The molecule has 4 fully saturated rings. The van der Waals surface area contributed by atoms with Crippen molar-refractivity contribution in [2.45, 2.75) is 81.3 Å². The van der Waals surface area contributed by atoms with Crippen LogP contribution in [0, 0.1) is 0 Å². The Hall–Kier alpha value is -4.19. The zero-order valence-corrected chi connectivity index (χ0v) is 23.0. The Morgan fingerprint density at radius 2 is 1.65 bits per heavy atom. The number of ether oxygens (including phenoxy) is 2.